The molecule has 0 saturated heterocycles. The van der Waals surface area contributed by atoms with Gasteiger partial charge in [0.1, 0.15) is 11.5 Å². The lowest BCUT2D eigenvalue weighted by Crippen LogP contribution is -2.16. The Kier molecular flexibility index (Phi) is 3.11. The Morgan fingerprint density at radius 2 is 1.89 bits per heavy atom. The summed E-state index contributed by atoms with van der Waals surface area (Å²) in [4.78, 5) is 23.8. The Morgan fingerprint density at radius 1 is 1.22 bits per heavy atom. The molecule has 1 aromatic rings. The van der Waals surface area contributed by atoms with Crippen LogP contribution in [-0.4, -0.2) is 21.8 Å². The second kappa shape index (κ2) is 4.44. The molecule has 0 heterocycles. The van der Waals surface area contributed by atoms with E-state index in [2.05, 4.69) is 0 Å². The van der Waals surface area contributed by atoms with Crippen molar-refractivity contribution in [3.8, 4) is 11.5 Å². The SMILES string of the molecule is CCC(=O)c1c(O)c(C)c(O)c2c1CCCC2=O. The smallest absolute Gasteiger partial charge is 0.166 e. The van der Waals surface area contributed by atoms with Gasteiger partial charge in [-0.2, -0.15) is 0 Å². The molecule has 0 aliphatic heterocycles. The van der Waals surface area contributed by atoms with Gasteiger partial charge in [0.05, 0.1) is 11.1 Å². The van der Waals surface area contributed by atoms with Crippen LogP contribution in [0.2, 0.25) is 0 Å². The van der Waals surface area contributed by atoms with Crippen molar-refractivity contribution in [1.82, 2.24) is 0 Å². The number of ketones is 2. The van der Waals surface area contributed by atoms with E-state index in [0.717, 1.165) is 0 Å². The van der Waals surface area contributed by atoms with Gasteiger partial charge in [0, 0.05) is 18.4 Å². The molecule has 0 fully saturated rings. The van der Waals surface area contributed by atoms with Crippen molar-refractivity contribution in [2.45, 2.75) is 39.5 Å². The van der Waals surface area contributed by atoms with Gasteiger partial charge < -0.3 is 10.2 Å². The molecule has 96 valence electrons. The van der Waals surface area contributed by atoms with Gasteiger partial charge in [-0.3, -0.25) is 9.59 Å². The predicted octanol–water partition coefficient (Wildman–Crippen LogP) is 2.52. The van der Waals surface area contributed by atoms with Gasteiger partial charge in [0.25, 0.3) is 0 Å². The van der Waals surface area contributed by atoms with E-state index >= 15 is 0 Å². The number of benzene rings is 1. The highest BCUT2D eigenvalue weighted by Gasteiger charge is 2.30. The molecule has 4 heteroatoms. The summed E-state index contributed by atoms with van der Waals surface area (Å²) in [5.41, 5.74) is 1.17. The number of carbonyl (C=O) groups excluding carboxylic acids is 2. The van der Waals surface area contributed by atoms with Crippen LogP contribution in [0.4, 0.5) is 0 Å². The molecule has 0 radical (unpaired) electrons. The monoisotopic (exact) mass is 248 g/mol. The van der Waals surface area contributed by atoms with Crippen LogP contribution in [0.5, 0.6) is 11.5 Å². The maximum absolute atomic E-state index is 11.9. The van der Waals surface area contributed by atoms with Crippen LogP contribution in [0.15, 0.2) is 0 Å². The molecule has 0 unspecified atom stereocenters. The highest BCUT2D eigenvalue weighted by Crippen LogP contribution is 2.41. The topological polar surface area (TPSA) is 74.6 Å². The zero-order chi connectivity index (χ0) is 13.4. The van der Waals surface area contributed by atoms with Gasteiger partial charge in [-0.15, -0.1) is 0 Å². The van der Waals surface area contributed by atoms with E-state index in [9.17, 15) is 19.8 Å². The van der Waals surface area contributed by atoms with Crippen LogP contribution < -0.4 is 0 Å². The molecular formula is C14H16O4. The summed E-state index contributed by atoms with van der Waals surface area (Å²) in [7, 11) is 0. The molecule has 0 aromatic heterocycles. The third-order valence-corrected chi connectivity index (χ3v) is 3.50. The molecule has 0 amide bonds. The Labute approximate surface area is 105 Å². The van der Waals surface area contributed by atoms with Gasteiger partial charge >= 0.3 is 0 Å². The zero-order valence-electron chi connectivity index (χ0n) is 10.5. The van der Waals surface area contributed by atoms with Crippen LogP contribution in [0.25, 0.3) is 0 Å². The highest BCUT2D eigenvalue weighted by atomic mass is 16.3. The van der Waals surface area contributed by atoms with Gasteiger partial charge in [0.15, 0.2) is 11.6 Å². The van der Waals surface area contributed by atoms with Crippen molar-refractivity contribution in [2.75, 3.05) is 0 Å². The predicted molar refractivity (Wildman–Crippen MR) is 66.4 cm³/mol. The normalized spacial score (nSPS) is 14.4. The summed E-state index contributed by atoms with van der Waals surface area (Å²) in [5, 5.41) is 20.0. The first-order chi connectivity index (χ1) is 8.49. The molecular weight excluding hydrogens is 232 g/mol. The van der Waals surface area contributed by atoms with Crippen LogP contribution in [0.1, 0.15) is 58.0 Å². The molecule has 0 bridgehead atoms. The number of phenolic OH excluding ortho intramolecular Hbond substituents is 2. The van der Waals surface area contributed by atoms with Crippen molar-refractivity contribution in [3.63, 3.8) is 0 Å². The van der Waals surface area contributed by atoms with Gasteiger partial charge in [-0.05, 0) is 25.3 Å². The lowest BCUT2D eigenvalue weighted by Gasteiger charge is -2.21. The number of Topliss-reactive ketones (excluding diaryl/α,β-unsaturated/α-hetero) is 2. The maximum atomic E-state index is 11.9. The maximum Gasteiger partial charge on any atom is 0.166 e. The first-order valence-corrected chi connectivity index (χ1v) is 6.12. The van der Waals surface area contributed by atoms with E-state index in [1.807, 2.05) is 0 Å². The molecule has 0 atom stereocenters. The fraction of sp³-hybridized carbons (Fsp3) is 0.429. The third-order valence-electron chi connectivity index (χ3n) is 3.50. The minimum absolute atomic E-state index is 0.151. The molecule has 2 rings (SSSR count). The molecule has 18 heavy (non-hydrogen) atoms. The Bertz CT molecular complexity index is 543. The molecule has 2 N–H and O–H groups in total. The third kappa shape index (κ3) is 1.68. The highest BCUT2D eigenvalue weighted by molar-refractivity contribution is 6.08. The minimum Gasteiger partial charge on any atom is -0.507 e. The number of hydrogen-bond acceptors (Lipinski definition) is 4. The van der Waals surface area contributed by atoms with E-state index < -0.39 is 0 Å². The van der Waals surface area contributed by atoms with Crippen molar-refractivity contribution in [1.29, 1.82) is 0 Å². The average Bonchev–Trinajstić information content (AvgIpc) is 2.35. The van der Waals surface area contributed by atoms with Crippen LogP contribution >= 0.6 is 0 Å². The van der Waals surface area contributed by atoms with Gasteiger partial charge in [-0.25, -0.2) is 0 Å². The first kappa shape index (κ1) is 12.6. The molecule has 4 nitrogen and oxygen atoms in total. The summed E-state index contributed by atoms with van der Waals surface area (Å²) in [6.07, 6.45) is 1.84. The van der Waals surface area contributed by atoms with Crippen LogP contribution in [0, 0.1) is 6.92 Å². The minimum atomic E-state index is -0.193. The van der Waals surface area contributed by atoms with Crippen molar-refractivity contribution >= 4 is 11.6 Å². The summed E-state index contributed by atoms with van der Waals surface area (Å²) < 4.78 is 0. The van der Waals surface area contributed by atoms with E-state index in [0.29, 0.717) is 24.8 Å². The summed E-state index contributed by atoms with van der Waals surface area (Å²) >= 11 is 0. The van der Waals surface area contributed by atoms with E-state index in [1.54, 1.807) is 6.92 Å². The first-order valence-electron chi connectivity index (χ1n) is 6.12. The fourth-order valence-electron chi connectivity index (χ4n) is 2.48. The van der Waals surface area contributed by atoms with E-state index in [1.165, 1.54) is 6.92 Å². The summed E-state index contributed by atoms with van der Waals surface area (Å²) in [6.45, 7) is 3.22. The Morgan fingerprint density at radius 3 is 2.50 bits per heavy atom. The van der Waals surface area contributed by atoms with E-state index in [-0.39, 0.29) is 46.2 Å². The number of hydrogen-bond donors (Lipinski definition) is 2. The lowest BCUT2D eigenvalue weighted by molar-refractivity contribution is 0.0968. The van der Waals surface area contributed by atoms with Crippen molar-refractivity contribution in [2.24, 2.45) is 0 Å². The number of fused-ring (bicyclic) bond motifs is 1. The second-order valence-electron chi connectivity index (χ2n) is 4.60. The number of rotatable bonds is 2. The van der Waals surface area contributed by atoms with Crippen molar-refractivity contribution < 1.29 is 19.8 Å². The average molecular weight is 248 g/mol. The quantitative estimate of drug-likeness (QED) is 0.788. The lowest BCUT2D eigenvalue weighted by atomic mass is 9.83. The van der Waals surface area contributed by atoms with Crippen LogP contribution in [-0.2, 0) is 6.42 Å². The van der Waals surface area contributed by atoms with Gasteiger partial charge in [0.2, 0.25) is 0 Å². The molecule has 1 aliphatic carbocycles. The summed E-state index contributed by atoms with van der Waals surface area (Å²) in [5.74, 6) is -0.712. The zero-order valence-corrected chi connectivity index (χ0v) is 10.5. The molecule has 0 saturated carbocycles. The fourth-order valence-corrected chi connectivity index (χ4v) is 2.48. The second-order valence-corrected chi connectivity index (χ2v) is 4.60. The Hall–Kier alpha value is -1.84. The van der Waals surface area contributed by atoms with Crippen molar-refractivity contribution in [3.05, 3.63) is 22.3 Å². The Balaban J connectivity index is 2.82. The van der Waals surface area contributed by atoms with Crippen LogP contribution in [0.3, 0.4) is 0 Å². The molecule has 1 aliphatic rings. The number of carbonyl (C=O) groups is 2. The number of aromatic hydroxyl groups is 2. The van der Waals surface area contributed by atoms with Gasteiger partial charge in [-0.1, -0.05) is 6.92 Å². The van der Waals surface area contributed by atoms with E-state index in [4.69, 9.17) is 0 Å². The molecule has 1 aromatic carbocycles. The standard InChI is InChI=1S/C14H16O4/c1-3-9(15)11-8-5-4-6-10(16)12(8)14(18)7(2)13(11)17/h17-18H,3-6H2,1-2H3. The largest absolute Gasteiger partial charge is 0.507 e. The number of phenols is 2. The summed E-state index contributed by atoms with van der Waals surface area (Å²) in [6, 6.07) is 0. The molecule has 0 spiro atoms.